The van der Waals surface area contributed by atoms with Gasteiger partial charge in [-0.15, -0.1) is 0 Å². The summed E-state index contributed by atoms with van der Waals surface area (Å²) in [7, 11) is 0. The predicted molar refractivity (Wildman–Crippen MR) is 139 cm³/mol. The number of anilines is 1. The van der Waals surface area contributed by atoms with E-state index in [4.69, 9.17) is 14.2 Å². The van der Waals surface area contributed by atoms with E-state index in [-0.39, 0.29) is 38.8 Å². The molecule has 1 unspecified atom stereocenters. The topological polar surface area (TPSA) is 97.3 Å². The standard InChI is InChI=1S/C28H36F2N2O6/c1-3-37-25(26(33)34)17-20-7-11-24(12-8-20)38-16-14-32(13-15-36-19-28(2,29)30)27(35)31-23-10-9-21-5-4-6-22(21)18-23/h7-12,18,25H,3-6,13-17,19H2,1-2H3,(H,31,35)(H,33,34). The number of nitrogens with zero attached hydrogens (tertiary/aromatic N) is 1. The number of carboxylic acids is 1. The molecule has 1 atom stereocenters. The van der Waals surface area contributed by atoms with Crippen LogP contribution in [0.2, 0.25) is 0 Å². The predicted octanol–water partition coefficient (Wildman–Crippen LogP) is 4.79. The van der Waals surface area contributed by atoms with Crippen LogP contribution in [0.1, 0.15) is 37.0 Å². The smallest absolute Gasteiger partial charge is 0.333 e. The fraction of sp³-hybridized carbons (Fsp3) is 0.500. The van der Waals surface area contributed by atoms with Gasteiger partial charge in [-0.1, -0.05) is 18.2 Å². The van der Waals surface area contributed by atoms with Crippen LogP contribution in [0.4, 0.5) is 19.3 Å². The van der Waals surface area contributed by atoms with Crippen LogP contribution >= 0.6 is 0 Å². The Bertz CT molecular complexity index is 1060. The number of urea groups is 1. The number of carboxylic acid groups (broad SMARTS) is 1. The normalized spacial score (nSPS) is 13.6. The van der Waals surface area contributed by atoms with E-state index < -0.39 is 24.6 Å². The van der Waals surface area contributed by atoms with Crippen LogP contribution in [0.15, 0.2) is 42.5 Å². The first-order chi connectivity index (χ1) is 18.1. The Kier molecular flexibility index (Phi) is 10.8. The number of carbonyl (C=O) groups excluding carboxylic acids is 1. The van der Waals surface area contributed by atoms with E-state index in [0.717, 1.165) is 31.7 Å². The molecule has 0 saturated carbocycles. The number of ether oxygens (including phenoxy) is 3. The maximum Gasteiger partial charge on any atom is 0.333 e. The number of carbonyl (C=O) groups is 2. The number of aliphatic carboxylic acids is 1. The lowest BCUT2D eigenvalue weighted by atomic mass is 10.1. The molecule has 8 nitrogen and oxygen atoms in total. The number of alkyl halides is 2. The third kappa shape index (κ3) is 9.57. The number of fused-ring (bicyclic) bond motifs is 1. The fourth-order valence-electron chi connectivity index (χ4n) is 4.22. The van der Waals surface area contributed by atoms with Gasteiger partial charge in [-0.05, 0) is 67.1 Å². The van der Waals surface area contributed by atoms with E-state index in [1.54, 1.807) is 31.2 Å². The molecule has 0 heterocycles. The van der Waals surface area contributed by atoms with Crippen LogP contribution in [0.25, 0.3) is 0 Å². The number of amides is 2. The van der Waals surface area contributed by atoms with Gasteiger partial charge >= 0.3 is 12.0 Å². The SMILES string of the molecule is CCOC(Cc1ccc(OCCN(CCOCC(C)(F)F)C(=O)Nc2ccc3c(c2)CCC3)cc1)C(=O)O. The van der Waals surface area contributed by atoms with E-state index in [0.29, 0.717) is 18.0 Å². The second kappa shape index (κ2) is 14.1. The lowest BCUT2D eigenvalue weighted by molar-refractivity contribution is -0.149. The summed E-state index contributed by atoms with van der Waals surface area (Å²) in [4.78, 5) is 25.8. The molecule has 0 aliphatic heterocycles. The first-order valence-electron chi connectivity index (χ1n) is 12.8. The van der Waals surface area contributed by atoms with Crippen LogP contribution in [-0.2, 0) is 33.5 Å². The van der Waals surface area contributed by atoms with Gasteiger partial charge in [0.05, 0.1) is 13.2 Å². The first kappa shape index (κ1) is 29.3. The highest BCUT2D eigenvalue weighted by atomic mass is 19.3. The minimum Gasteiger partial charge on any atom is -0.492 e. The molecule has 1 aliphatic rings. The van der Waals surface area contributed by atoms with Crippen molar-refractivity contribution in [2.45, 2.75) is 51.6 Å². The zero-order valence-corrected chi connectivity index (χ0v) is 21.9. The number of halogens is 2. The molecule has 0 aromatic heterocycles. The van der Waals surface area contributed by atoms with Gasteiger partial charge in [-0.25, -0.2) is 18.4 Å². The molecule has 2 N–H and O–H groups in total. The van der Waals surface area contributed by atoms with Crippen molar-refractivity contribution in [2.24, 2.45) is 0 Å². The monoisotopic (exact) mass is 534 g/mol. The Labute approximate surface area is 221 Å². The van der Waals surface area contributed by atoms with E-state index in [1.807, 2.05) is 18.2 Å². The average molecular weight is 535 g/mol. The number of hydrogen-bond acceptors (Lipinski definition) is 5. The highest BCUT2D eigenvalue weighted by Crippen LogP contribution is 2.25. The molecular weight excluding hydrogens is 498 g/mol. The molecule has 208 valence electrons. The van der Waals surface area contributed by atoms with Crippen molar-refractivity contribution < 1.29 is 37.7 Å². The molecule has 0 fully saturated rings. The molecule has 38 heavy (non-hydrogen) atoms. The number of hydrogen-bond donors (Lipinski definition) is 2. The number of rotatable bonds is 15. The lowest BCUT2D eigenvalue weighted by Crippen LogP contribution is -2.40. The average Bonchev–Trinajstić information content (AvgIpc) is 3.33. The molecule has 2 aromatic rings. The highest BCUT2D eigenvalue weighted by molar-refractivity contribution is 5.89. The largest absolute Gasteiger partial charge is 0.492 e. The third-order valence-electron chi connectivity index (χ3n) is 6.12. The van der Waals surface area contributed by atoms with E-state index in [1.165, 1.54) is 16.0 Å². The summed E-state index contributed by atoms with van der Waals surface area (Å²) in [5.74, 6) is -3.41. The molecule has 0 spiro atoms. The molecule has 0 bridgehead atoms. The summed E-state index contributed by atoms with van der Waals surface area (Å²) < 4.78 is 42.3. The first-order valence-corrected chi connectivity index (χ1v) is 12.8. The summed E-state index contributed by atoms with van der Waals surface area (Å²) in [6, 6.07) is 12.5. The van der Waals surface area contributed by atoms with Gasteiger partial charge in [0, 0.05) is 32.2 Å². The van der Waals surface area contributed by atoms with E-state index in [9.17, 15) is 23.5 Å². The summed E-state index contributed by atoms with van der Waals surface area (Å²) in [5, 5.41) is 12.1. The Morgan fingerprint density at radius 1 is 1.08 bits per heavy atom. The second-order valence-electron chi connectivity index (χ2n) is 9.36. The quantitative estimate of drug-likeness (QED) is 0.319. The third-order valence-corrected chi connectivity index (χ3v) is 6.12. The zero-order valence-electron chi connectivity index (χ0n) is 21.9. The Morgan fingerprint density at radius 3 is 2.47 bits per heavy atom. The van der Waals surface area contributed by atoms with Crippen molar-refractivity contribution in [2.75, 3.05) is 44.8 Å². The van der Waals surface area contributed by atoms with Crippen LogP contribution in [0, 0.1) is 0 Å². The Hall–Kier alpha value is -3.24. The van der Waals surface area contributed by atoms with Gasteiger partial charge in [0.1, 0.15) is 19.0 Å². The number of aryl methyl sites for hydroxylation is 2. The summed E-state index contributed by atoms with van der Waals surface area (Å²) in [5.41, 5.74) is 4.00. The Morgan fingerprint density at radius 2 is 1.79 bits per heavy atom. The van der Waals surface area contributed by atoms with Gasteiger partial charge < -0.3 is 29.5 Å². The minimum atomic E-state index is -2.94. The van der Waals surface area contributed by atoms with Crippen molar-refractivity contribution in [1.29, 1.82) is 0 Å². The Balaban J connectivity index is 1.55. The molecule has 2 amide bonds. The van der Waals surface area contributed by atoms with Crippen LogP contribution in [0.5, 0.6) is 5.75 Å². The molecule has 3 rings (SSSR count). The number of benzene rings is 2. The maximum absolute atomic E-state index is 13.1. The van der Waals surface area contributed by atoms with E-state index >= 15 is 0 Å². The lowest BCUT2D eigenvalue weighted by Gasteiger charge is -2.24. The van der Waals surface area contributed by atoms with Gasteiger partial charge in [0.2, 0.25) is 0 Å². The van der Waals surface area contributed by atoms with Crippen molar-refractivity contribution in [3.05, 3.63) is 59.2 Å². The maximum atomic E-state index is 13.1. The molecular formula is C28H36F2N2O6. The van der Waals surface area contributed by atoms with Gasteiger partial charge in [0.25, 0.3) is 5.92 Å². The molecule has 2 aromatic carbocycles. The molecule has 0 saturated heterocycles. The van der Waals surface area contributed by atoms with Crippen molar-refractivity contribution >= 4 is 17.7 Å². The van der Waals surface area contributed by atoms with Gasteiger partial charge in [-0.3, -0.25) is 0 Å². The molecule has 1 aliphatic carbocycles. The zero-order chi connectivity index (χ0) is 27.5. The summed E-state index contributed by atoms with van der Waals surface area (Å²) in [6.07, 6.45) is 2.44. The molecule has 10 heteroatoms. The van der Waals surface area contributed by atoms with E-state index in [2.05, 4.69) is 5.32 Å². The fourth-order valence-corrected chi connectivity index (χ4v) is 4.22. The van der Waals surface area contributed by atoms with Crippen molar-refractivity contribution in [3.63, 3.8) is 0 Å². The van der Waals surface area contributed by atoms with Gasteiger partial charge in [0.15, 0.2) is 6.10 Å². The van der Waals surface area contributed by atoms with Crippen molar-refractivity contribution in [1.82, 2.24) is 4.90 Å². The number of nitrogens with one attached hydrogen (secondary N) is 1. The highest BCUT2D eigenvalue weighted by Gasteiger charge is 2.22. The summed E-state index contributed by atoms with van der Waals surface area (Å²) in [6.45, 7) is 2.55. The summed E-state index contributed by atoms with van der Waals surface area (Å²) >= 11 is 0. The van der Waals surface area contributed by atoms with Crippen molar-refractivity contribution in [3.8, 4) is 5.75 Å². The minimum absolute atomic E-state index is 0.0414. The van der Waals surface area contributed by atoms with Gasteiger partial charge in [-0.2, -0.15) is 0 Å². The van der Waals surface area contributed by atoms with Crippen LogP contribution < -0.4 is 10.1 Å². The molecule has 0 radical (unpaired) electrons. The van der Waals surface area contributed by atoms with Crippen LogP contribution in [0.3, 0.4) is 0 Å². The second-order valence-corrected chi connectivity index (χ2v) is 9.36. The van der Waals surface area contributed by atoms with Crippen LogP contribution in [-0.4, -0.2) is 73.6 Å².